The van der Waals surface area contributed by atoms with Gasteiger partial charge in [-0.15, -0.1) is 0 Å². The van der Waals surface area contributed by atoms with Gasteiger partial charge >= 0.3 is 0 Å². The number of nitrogens with zero attached hydrogens (tertiary/aromatic N) is 1. The maximum absolute atomic E-state index is 12.6. The van der Waals surface area contributed by atoms with Crippen LogP contribution in [0.4, 0.5) is 0 Å². The van der Waals surface area contributed by atoms with Gasteiger partial charge in [0.1, 0.15) is 17.3 Å². The lowest BCUT2D eigenvalue weighted by Crippen LogP contribution is -2.33. The summed E-state index contributed by atoms with van der Waals surface area (Å²) in [5.41, 5.74) is 3.27. The van der Waals surface area contributed by atoms with Crippen LogP contribution >= 0.6 is 0 Å². The predicted molar refractivity (Wildman–Crippen MR) is 72.9 cm³/mol. The lowest BCUT2D eigenvalue weighted by molar-refractivity contribution is -0.110. The van der Waals surface area contributed by atoms with Gasteiger partial charge in [0.25, 0.3) is 0 Å². The summed E-state index contributed by atoms with van der Waals surface area (Å²) in [6.07, 6.45) is 2.68. The third-order valence-corrected chi connectivity index (χ3v) is 5.27. The van der Waals surface area contributed by atoms with Gasteiger partial charge in [-0.3, -0.25) is 0 Å². The maximum atomic E-state index is 12.6. The number of carbonyl (C=O) groups excluding carboxylic acids is 1. The van der Waals surface area contributed by atoms with Crippen molar-refractivity contribution in [3.63, 3.8) is 0 Å². The Balaban J connectivity index is 2.37. The van der Waals surface area contributed by atoms with Crippen molar-refractivity contribution in [3.05, 3.63) is 28.8 Å². The largest absolute Gasteiger partial charge is 0.302 e. The highest BCUT2D eigenvalue weighted by Gasteiger charge is 2.30. The molecule has 1 aliphatic heterocycles. The Morgan fingerprint density at radius 3 is 2.44 bits per heavy atom. The Morgan fingerprint density at radius 2 is 1.89 bits per heavy atom. The molecule has 4 heteroatoms. The monoisotopic (exact) mass is 265 g/mol. The molecule has 2 rings (SSSR count). The lowest BCUT2D eigenvalue weighted by Gasteiger charge is -2.21. The van der Waals surface area contributed by atoms with Crippen molar-refractivity contribution in [3.8, 4) is 0 Å². The van der Waals surface area contributed by atoms with E-state index in [0.29, 0.717) is 0 Å². The zero-order chi connectivity index (χ0) is 13.3. The summed E-state index contributed by atoms with van der Waals surface area (Å²) in [5, 5.41) is 0. The highest BCUT2D eigenvalue weighted by atomic mass is 32.2. The van der Waals surface area contributed by atoms with Crippen LogP contribution in [0.1, 0.15) is 29.5 Å². The highest BCUT2D eigenvalue weighted by Crippen LogP contribution is 2.27. The Morgan fingerprint density at radius 1 is 1.28 bits per heavy atom. The molecule has 1 aliphatic rings. The van der Waals surface area contributed by atoms with E-state index in [1.807, 2.05) is 37.2 Å². The third kappa shape index (κ3) is 2.40. The van der Waals surface area contributed by atoms with Gasteiger partial charge in [0.05, 0.1) is 10.9 Å². The molecule has 0 bridgehead atoms. The molecule has 0 radical (unpaired) electrons. The molecule has 0 aromatic heterocycles. The second kappa shape index (κ2) is 5.33. The number of aryl methyl sites for hydroxylation is 3. The molecular weight excluding hydrogens is 246 g/mol. The first-order valence-electron chi connectivity index (χ1n) is 6.26. The Bertz CT molecular complexity index is 476. The molecule has 0 saturated carbocycles. The van der Waals surface area contributed by atoms with Crippen molar-refractivity contribution in [1.29, 1.82) is 0 Å². The van der Waals surface area contributed by atoms with E-state index in [-0.39, 0.29) is 6.04 Å². The SMILES string of the molecule is Cc1cc(C)c(S(=O)N2CCCC2C=O)c(C)c1. The molecule has 2 unspecified atom stereocenters. The molecule has 1 saturated heterocycles. The molecule has 1 fully saturated rings. The van der Waals surface area contributed by atoms with Crippen LogP contribution < -0.4 is 0 Å². The molecule has 1 aromatic rings. The van der Waals surface area contributed by atoms with Crippen LogP contribution in [0.3, 0.4) is 0 Å². The number of hydrogen-bond acceptors (Lipinski definition) is 2. The van der Waals surface area contributed by atoms with Gasteiger partial charge in [-0.1, -0.05) is 17.7 Å². The van der Waals surface area contributed by atoms with Crippen LogP contribution in [0, 0.1) is 20.8 Å². The van der Waals surface area contributed by atoms with Gasteiger partial charge in [-0.2, -0.15) is 0 Å². The molecule has 2 atom stereocenters. The van der Waals surface area contributed by atoms with Crippen LogP contribution in [0.25, 0.3) is 0 Å². The molecule has 0 amide bonds. The first-order chi connectivity index (χ1) is 8.54. The highest BCUT2D eigenvalue weighted by molar-refractivity contribution is 7.82. The van der Waals surface area contributed by atoms with E-state index in [2.05, 4.69) is 0 Å². The minimum Gasteiger partial charge on any atom is -0.302 e. The fourth-order valence-electron chi connectivity index (χ4n) is 2.67. The molecular formula is C14H19NO2S. The lowest BCUT2D eigenvalue weighted by atomic mass is 10.1. The van der Waals surface area contributed by atoms with Gasteiger partial charge in [-0.05, 0) is 44.7 Å². The Hall–Kier alpha value is -1.00. The van der Waals surface area contributed by atoms with E-state index >= 15 is 0 Å². The second-order valence-electron chi connectivity index (χ2n) is 4.96. The van der Waals surface area contributed by atoms with Crippen molar-refractivity contribution in [2.45, 2.75) is 44.6 Å². The van der Waals surface area contributed by atoms with E-state index in [1.165, 1.54) is 5.56 Å². The van der Waals surface area contributed by atoms with E-state index in [4.69, 9.17) is 0 Å². The van der Waals surface area contributed by atoms with Crippen LogP contribution in [0.15, 0.2) is 17.0 Å². The molecule has 98 valence electrons. The topological polar surface area (TPSA) is 37.4 Å². The first kappa shape index (κ1) is 13.4. The second-order valence-corrected chi connectivity index (χ2v) is 6.34. The normalized spacial score (nSPS) is 22.1. The summed E-state index contributed by atoms with van der Waals surface area (Å²) in [7, 11) is -1.22. The van der Waals surface area contributed by atoms with Gasteiger partial charge in [0.15, 0.2) is 0 Å². The zero-order valence-electron chi connectivity index (χ0n) is 11.1. The van der Waals surface area contributed by atoms with Crippen molar-refractivity contribution < 1.29 is 9.00 Å². The summed E-state index contributed by atoms with van der Waals surface area (Å²) in [4.78, 5) is 11.9. The van der Waals surface area contributed by atoms with Gasteiger partial charge in [0.2, 0.25) is 0 Å². The minimum absolute atomic E-state index is 0.189. The van der Waals surface area contributed by atoms with E-state index in [0.717, 1.165) is 41.7 Å². The average Bonchev–Trinajstić information content (AvgIpc) is 2.75. The molecule has 1 aromatic carbocycles. The number of hydrogen-bond donors (Lipinski definition) is 0. The molecule has 18 heavy (non-hydrogen) atoms. The number of benzene rings is 1. The number of rotatable bonds is 3. The molecule has 0 spiro atoms. The van der Waals surface area contributed by atoms with Gasteiger partial charge in [-0.25, -0.2) is 8.51 Å². The quantitative estimate of drug-likeness (QED) is 0.786. The summed E-state index contributed by atoms with van der Waals surface area (Å²) < 4.78 is 14.5. The fraction of sp³-hybridized carbons (Fsp3) is 0.500. The van der Waals surface area contributed by atoms with Gasteiger partial charge < -0.3 is 4.79 Å². The molecule has 0 aliphatic carbocycles. The predicted octanol–water partition coefficient (Wildman–Crippen LogP) is 2.30. The van der Waals surface area contributed by atoms with Gasteiger partial charge in [0, 0.05) is 6.54 Å². The minimum atomic E-state index is -1.22. The Kier molecular flexibility index (Phi) is 3.97. The van der Waals surface area contributed by atoms with E-state index in [9.17, 15) is 9.00 Å². The van der Waals surface area contributed by atoms with Crippen LogP contribution in [-0.2, 0) is 15.8 Å². The number of aldehydes is 1. The zero-order valence-corrected chi connectivity index (χ0v) is 11.9. The smallest absolute Gasteiger partial charge is 0.138 e. The van der Waals surface area contributed by atoms with Crippen molar-refractivity contribution >= 4 is 17.3 Å². The Labute approximate surface area is 111 Å². The van der Waals surface area contributed by atoms with E-state index in [1.54, 1.807) is 0 Å². The summed E-state index contributed by atoms with van der Waals surface area (Å²) in [6, 6.07) is 3.91. The van der Waals surface area contributed by atoms with Crippen LogP contribution in [-0.4, -0.2) is 27.4 Å². The van der Waals surface area contributed by atoms with Crippen LogP contribution in [0.5, 0.6) is 0 Å². The third-order valence-electron chi connectivity index (χ3n) is 3.40. The molecule has 1 heterocycles. The first-order valence-corrected chi connectivity index (χ1v) is 7.37. The molecule has 0 N–H and O–H groups in total. The summed E-state index contributed by atoms with van der Waals surface area (Å²) >= 11 is 0. The molecule has 3 nitrogen and oxygen atoms in total. The summed E-state index contributed by atoms with van der Waals surface area (Å²) in [5.74, 6) is 0. The van der Waals surface area contributed by atoms with Crippen molar-refractivity contribution in [2.75, 3.05) is 6.54 Å². The van der Waals surface area contributed by atoms with Crippen molar-refractivity contribution in [1.82, 2.24) is 4.31 Å². The van der Waals surface area contributed by atoms with E-state index < -0.39 is 11.0 Å². The number of carbonyl (C=O) groups is 1. The van der Waals surface area contributed by atoms with Crippen molar-refractivity contribution in [2.24, 2.45) is 0 Å². The van der Waals surface area contributed by atoms with Crippen LogP contribution in [0.2, 0.25) is 0 Å². The standard InChI is InChI=1S/C14H19NO2S/c1-10-7-11(2)14(12(3)8-10)18(17)15-6-4-5-13(15)9-16/h7-9,13H,4-6H2,1-3H3. The average molecular weight is 265 g/mol. The fourth-order valence-corrected chi connectivity index (χ4v) is 4.27. The maximum Gasteiger partial charge on any atom is 0.138 e. The summed E-state index contributed by atoms with van der Waals surface area (Å²) in [6.45, 7) is 6.75.